The van der Waals surface area contributed by atoms with Crippen molar-refractivity contribution in [2.75, 3.05) is 0 Å². The lowest BCUT2D eigenvalue weighted by Crippen LogP contribution is -2.55. The van der Waals surface area contributed by atoms with Gasteiger partial charge < -0.3 is 5.32 Å². The van der Waals surface area contributed by atoms with Crippen LogP contribution in [0.3, 0.4) is 0 Å². The number of rotatable bonds is 2. The summed E-state index contributed by atoms with van der Waals surface area (Å²) in [5, 5.41) is 5.48. The first kappa shape index (κ1) is 18.4. The van der Waals surface area contributed by atoms with Gasteiger partial charge in [-0.3, -0.25) is 15.1 Å². The quantitative estimate of drug-likeness (QED) is 0.759. The summed E-state index contributed by atoms with van der Waals surface area (Å²) in [6.07, 6.45) is 3.12. The zero-order chi connectivity index (χ0) is 19.9. The second-order valence-corrected chi connectivity index (χ2v) is 7.47. The van der Waals surface area contributed by atoms with Crippen LogP contribution in [0, 0.1) is 0 Å². The molecule has 7 nitrogen and oxygen atoms in total. The van der Waals surface area contributed by atoms with Gasteiger partial charge in [0.15, 0.2) is 5.54 Å². The molecule has 1 aromatic heterocycles. The third-order valence-corrected chi connectivity index (χ3v) is 5.56. The Labute approximate surface area is 167 Å². The van der Waals surface area contributed by atoms with Crippen LogP contribution in [-0.2, 0) is 16.8 Å². The van der Waals surface area contributed by atoms with Crippen molar-refractivity contribution < 1.29 is 14.4 Å². The van der Waals surface area contributed by atoms with Crippen LogP contribution in [0.4, 0.5) is 9.59 Å². The van der Waals surface area contributed by atoms with Crippen molar-refractivity contribution in [1.29, 1.82) is 0 Å². The number of halogens is 1. The molecule has 1 saturated heterocycles. The predicted molar refractivity (Wildman–Crippen MR) is 103 cm³/mol. The van der Waals surface area contributed by atoms with Crippen molar-refractivity contribution >= 4 is 29.6 Å². The first-order chi connectivity index (χ1) is 13.4. The van der Waals surface area contributed by atoms with Crippen LogP contribution in [0.25, 0.3) is 0 Å². The van der Waals surface area contributed by atoms with E-state index in [0.29, 0.717) is 35.5 Å². The molecule has 0 radical (unpaired) electrons. The number of aryl methyl sites for hydroxylation is 1. The smallest absolute Gasteiger partial charge is 0.331 e. The van der Waals surface area contributed by atoms with Gasteiger partial charge in [0.25, 0.3) is 5.91 Å². The molecular weight excluding hydrogens is 380 g/mol. The molecule has 0 unspecified atom stereocenters. The number of fused-ring (bicyclic) bond motifs is 2. The van der Waals surface area contributed by atoms with Gasteiger partial charge in [0.2, 0.25) is 0 Å². The van der Waals surface area contributed by atoms with Gasteiger partial charge in [-0.05, 0) is 37.8 Å². The molecule has 5 amide bonds. The van der Waals surface area contributed by atoms with Crippen LogP contribution in [0.1, 0.15) is 42.6 Å². The minimum absolute atomic E-state index is 0.326. The molecule has 1 aliphatic carbocycles. The summed E-state index contributed by atoms with van der Waals surface area (Å²) in [6, 6.07) is 9.31. The largest absolute Gasteiger partial charge is 0.333 e. The Kier molecular flexibility index (Phi) is 4.55. The molecule has 2 aliphatic rings. The summed E-state index contributed by atoms with van der Waals surface area (Å²) < 4.78 is 0. The summed E-state index contributed by atoms with van der Waals surface area (Å²) in [5.74, 6) is -0.523. The van der Waals surface area contributed by atoms with E-state index in [1.165, 1.54) is 6.20 Å². The molecule has 4 rings (SSSR count). The monoisotopic (exact) mass is 398 g/mol. The van der Waals surface area contributed by atoms with E-state index in [1.54, 1.807) is 6.07 Å². The topological polar surface area (TPSA) is 91.4 Å². The fourth-order valence-corrected chi connectivity index (χ4v) is 4.17. The molecule has 2 atom stereocenters. The zero-order valence-corrected chi connectivity index (χ0v) is 16.0. The Morgan fingerprint density at radius 2 is 2.07 bits per heavy atom. The normalized spacial score (nSPS) is 22.0. The standard InChI is InChI=1S/C20H19ClN4O3/c1-12(13-6-3-2-4-7-13)23-18(27)25-19(28)24-17(26)20(25)9-5-8-16-15(20)10-14(21)11-22-16/h2-4,6-7,10-12H,5,8-9H2,1H3,(H,23,27)(H,24,26,28)/t12-,20-/m0/s1. The number of hydrogen-bond donors (Lipinski definition) is 2. The number of urea groups is 2. The van der Waals surface area contributed by atoms with Crippen LogP contribution in [-0.4, -0.2) is 27.9 Å². The number of nitrogens with one attached hydrogen (secondary N) is 2. The maximum atomic E-state index is 13.1. The lowest BCUT2D eigenvalue weighted by molar-refractivity contribution is -0.127. The number of nitrogens with zero attached hydrogens (tertiary/aromatic N) is 2. The Morgan fingerprint density at radius 1 is 1.32 bits per heavy atom. The molecule has 28 heavy (non-hydrogen) atoms. The molecule has 0 saturated carbocycles. The summed E-state index contributed by atoms with van der Waals surface area (Å²) in [5.41, 5.74) is 0.652. The number of amides is 5. The van der Waals surface area contributed by atoms with Crippen molar-refractivity contribution in [2.45, 2.75) is 37.8 Å². The van der Waals surface area contributed by atoms with Crippen LogP contribution in [0.2, 0.25) is 5.02 Å². The molecule has 1 spiro atoms. The number of imide groups is 2. The Morgan fingerprint density at radius 3 is 2.82 bits per heavy atom. The van der Waals surface area contributed by atoms with Crippen LogP contribution < -0.4 is 10.6 Å². The highest BCUT2D eigenvalue weighted by atomic mass is 35.5. The van der Waals surface area contributed by atoms with Gasteiger partial charge in [-0.25, -0.2) is 14.5 Å². The number of carbonyl (C=O) groups excluding carboxylic acids is 3. The van der Waals surface area contributed by atoms with E-state index in [-0.39, 0.29) is 6.04 Å². The van der Waals surface area contributed by atoms with Crippen molar-refractivity contribution in [3.63, 3.8) is 0 Å². The number of hydrogen-bond acceptors (Lipinski definition) is 4. The fraction of sp³-hybridized carbons (Fsp3) is 0.300. The molecule has 1 aliphatic heterocycles. The van der Waals surface area contributed by atoms with E-state index in [9.17, 15) is 14.4 Å². The van der Waals surface area contributed by atoms with E-state index < -0.39 is 23.5 Å². The van der Waals surface area contributed by atoms with Crippen LogP contribution in [0.5, 0.6) is 0 Å². The van der Waals surface area contributed by atoms with Crippen molar-refractivity contribution in [3.05, 3.63) is 64.4 Å². The Balaban J connectivity index is 1.72. The van der Waals surface area contributed by atoms with Crippen molar-refractivity contribution in [1.82, 2.24) is 20.5 Å². The van der Waals surface area contributed by atoms with Gasteiger partial charge in [0.05, 0.1) is 11.1 Å². The lowest BCUT2D eigenvalue weighted by Gasteiger charge is -2.38. The van der Waals surface area contributed by atoms with E-state index in [0.717, 1.165) is 10.5 Å². The Hall–Kier alpha value is -2.93. The molecule has 2 aromatic rings. The highest BCUT2D eigenvalue weighted by Gasteiger charge is 2.59. The second kappa shape index (κ2) is 6.91. The van der Waals surface area contributed by atoms with Gasteiger partial charge in [0, 0.05) is 17.5 Å². The van der Waals surface area contributed by atoms with Gasteiger partial charge in [0.1, 0.15) is 0 Å². The minimum atomic E-state index is -1.43. The van der Waals surface area contributed by atoms with Crippen LogP contribution >= 0.6 is 11.6 Å². The number of carbonyl (C=O) groups is 3. The zero-order valence-electron chi connectivity index (χ0n) is 15.2. The summed E-state index contributed by atoms with van der Waals surface area (Å²) >= 11 is 6.12. The highest BCUT2D eigenvalue weighted by Crippen LogP contribution is 2.43. The highest BCUT2D eigenvalue weighted by molar-refractivity contribution is 6.30. The first-order valence-corrected chi connectivity index (χ1v) is 9.47. The number of aromatic nitrogens is 1. The number of pyridine rings is 1. The van der Waals surface area contributed by atoms with Gasteiger partial charge >= 0.3 is 12.1 Å². The predicted octanol–water partition coefficient (Wildman–Crippen LogP) is 3.29. The Bertz CT molecular complexity index is 965. The minimum Gasteiger partial charge on any atom is -0.331 e. The fourth-order valence-electron chi connectivity index (χ4n) is 4.01. The second-order valence-electron chi connectivity index (χ2n) is 7.04. The van der Waals surface area contributed by atoms with Gasteiger partial charge in [-0.2, -0.15) is 0 Å². The molecule has 0 bridgehead atoms. The van der Waals surface area contributed by atoms with Gasteiger partial charge in [-0.15, -0.1) is 0 Å². The summed E-state index contributed by atoms with van der Waals surface area (Å²) in [7, 11) is 0. The molecule has 1 fully saturated rings. The summed E-state index contributed by atoms with van der Waals surface area (Å²) in [4.78, 5) is 43.9. The number of benzene rings is 1. The summed E-state index contributed by atoms with van der Waals surface area (Å²) in [6.45, 7) is 1.82. The third kappa shape index (κ3) is 2.82. The molecule has 8 heteroatoms. The molecule has 144 valence electrons. The van der Waals surface area contributed by atoms with E-state index in [1.807, 2.05) is 37.3 Å². The van der Waals surface area contributed by atoms with Gasteiger partial charge in [-0.1, -0.05) is 41.9 Å². The molecular formula is C20H19ClN4O3. The first-order valence-electron chi connectivity index (χ1n) is 9.09. The van der Waals surface area contributed by atoms with E-state index in [4.69, 9.17) is 11.6 Å². The molecule has 2 N–H and O–H groups in total. The molecule has 1 aromatic carbocycles. The van der Waals surface area contributed by atoms with Crippen LogP contribution in [0.15, 0.2) is 42.6 Å². The lowest BCUT2D eigenvalue weighted by atomic mass is 9.77. The average molecular weight is 399 g/mol. The molecule has 2 heterocycles. The van der Waals surface area contributed by atoms with E-state index >= 15 is 0 Å². The average Bonchev–Trinajstić information content (AvgIpc) is 2.93. The van der Waals surface area contributed by atoms with E-state index in [2.05, 4.69) is 15.6 Å². The van der Waals surface area contributed by atoms with Crippen molar-refractivity contribution in [3.8, 4) is 0 Å². The maximum absolute atomic E-state index is 13.1. The third-order valence-electron chi connectivity index (χ3n) is 5.36. The SMILES string of the molecule is C[C@H](NC(=O)N1C(=O)NC(=O)[C@@]12CCCc1ncc(Cl)cc12)c1ccccc1. The maximum Gasteiger partial charge on any atom is 0.333 e. The van der Waals surface area contributed by atoms with Crippen molar-refractivity contribution in [2.24, 2.45) is 0 Å².